The largest absolute Gasteiger partial charge is 0.355 e. The smallest absolute Gasteiger partial charge is 0.311 e. The van der Waals surface area contributed by atoms with Gasteiger partial charge >= 0.3 is 5.92 Å². The van der Waals surface area contributed by atoms with Gasteiger partial charge in [-0.25, -0.2) is 0 Å². The molecule has 0 saturated carbocycles. The van der Waals surface area contributed by atoms with Crippen molar-refractivity contribution in [2.45, 2.75) is 38.0 Å². The number of hydrogen-bond donors (Lipinski definition) is 2. The highest BCUT2D eigenvalue weighted by molar-refractivity contribution is 5.76. The predicted octanol–water partition coefficient (Wildman–Crippen LogP) is 1.28. The van der Waals surface area contributed by atoms with Gasteiger partial charge in [-0.05, 0) is 18.8 Å². The van der Waals surface area contributed by atoms with Gasteiger partial charge in [0.05, 0.1) is 0 Å². The third-order valence-corrected chi connectivity index (χ3v) is 2.77. The molecule has 0 bridgehead atoms. The van der Waals surface area contributed by atoms with Crippen molar-refractivity contribution in [3.05, 3.63) is 0 Å². The third kappa shape index (κ3) is 4.70. The monoisotopic (exact) mass is 244 g/mol. The number of rotatable bonds is 4. The fourth-order valence-corrected chi connectivity index (χ4v) is 1.81. The molecule has 5 heteroatoms. The second-order valence-electron chi connectivity index (χ2n) is 4.21. The Balaban J connectivity index is 2.58. The summed E-state index contributed by atoms with van der Waals surface area (Å²) in [6.07, 6.45) is 2.20. The van der Waals surface area contributed by atoms with E-state index in [1.165, 1.54) is 0 Å². The van der Waals surface area contributed by atoms with Gasteiger partial charge in [0.25, 0.3) is 0 Å². The maximum Gasteiger partial charge on any atom is 0.311 e. The van der Waals surface area contributed by atoms with Crippen LogP contribution in [0.5, 0.6) is 0 Å². The summed E-state index contributed by atoms with van der Waals surface area (Å²) in [4.78, 5) is 11.4. The normalized spacial score (nSPS) is 22.9. The summed E-state index contributed by atoms with van der Waals surface area (Å²) in [7, 11) is 0. The van der Waals surface area contributed by atoms with Crippen molar-refractivity contribution in [1.29, 1.82) is 0 Å². The first-order valence-corrected chi connectivity index (χ1v) is 5.91. The van der Waals surface area contributed by atoms with Crippen LogP contribution in [0, 0.1) is 17.8 Å². The second kappa shape index (κ2) is 6.55. The number of carbonyl (C=O) groups is 1. The zero-order valence-electron chi connectivity index (χ0n) is 9.77. The Morgan fingerprint density at radius 2 is 2.24 bits per heavy atom. The first-order chi connectivity index (χ1) is 8.06. The summed E-state index contributed by atoms with van der Waals surface area (Å²) in [5.41, 5.74) is 5.22. The van der Waals surface area contributed by atoms with Gasteiger partial charge in [0.15, 0.2) is 0 Å². The highest BCUT2D eigenvalue weighted by Crippen LogP contribution is 2.32. The molecule has 1 unspecified atom stereocenters. The standard InChI is InChI=1S/C12H18F2N2O/c13-12(14)6-4-2-1-3-5-10(12)9-11(17)16-8-7-15/h10H,1-3,5,7-9,15H2,(H,16,17). The number of halogens is 2. The molecule has 0 aromatic carbocycles. The number of hydrogen-bond acceptors (Lipinski definition) is 2. The number of nitrogens with two attached hydrogens (primary N) is 1. The van der Waals surface area contributed by atoms with Crippen LogP contribution >= 0.6 is 0 Å². The van der Waals surface area contributed by atoms with Crippen molar-refractivity contribution >= 4 is 5.91 Å². The minimum Gasteiger partial charge on any atom is -0.355 e. The molecular weight excluding hydrogens is 226 g/mol. The highest BCUT2D eigenvalue weighted by Gasteiger charge is 2.38. The molecule has 1 aliphatic rings. The van der Waals surface area contributed by atoms with Gasteiger partial charge in [-0.15, -0.1) is 0 Å². The molecule has 0 spiro atoms. The van der Waals surface area contributed by atoms with E-state index in [9.17, 15) is 13.6 Å². The molecule has 0 aromatic rings. The topological polar surface area (TPSA) is 55.1 Å². The van der Waals surface area contributed by atoms with Crippen molar-refractivity contribution in [3.63, 3.8) is 0 Å². The van der Waals surface area contributed by atoms with Crippen molar-refractivity contribution in [3.8, 4) is 11.8 Å². The quantitative estimate of drug-likeness (QED) is 0.732. The van der Waals surface area contributed by atoms with E-state index < -0.39 is 11.8 Å². The summed E-state index contributed by atoms with van der Waals surface area (Å²) in [5, 5.41) is 2.51. The molecule has 1 rings (SSSR count). The van der Waals surface area contributed by atoms with Gasteiger partial charge in [0.2, 0.25) is 5.91 Å². The van der Waals surface area contributed by atoms with E-state index in [1.807, 2.05) is 5.92 Å². The lowest BCUT2D eigenvalue weighted by Crippen LogP contribution is -2.35. The van der Waals surface area contributed by atoms with Crippen LogP contribution in [0.3, 0.4) is 0 Å². The number of carbonyl (C=O) groups excluding carboxylic acids is 1. The van der Waals surface area contributed by atoms with Crippen LogP contribution < -0.4 is 11.1 Å². The van der Waals surface area contributed by atoms with Gasteiger partial charge in [-0.1, -0.05) is 12.3 Å². The fraction of sp³-hybridized carbons (Fsp3) is 0.750. The average molecular weight is 244 g/mol. The minimum absolute atomic E-state index is 0.179. The van der Waals surface area contributed by atoms with E-state index in [-0.39, 0.29) is 12.3 Å². The van der Waals surface area contributed by atoms with E-state index >= 15 is 0 Å². The van der Waals surface area contributed by atoms with Gasteiger partial charge < -0.3 is 11.1 Å². The van der Waals surface area contributed by atoms with Gasteiger partial charge in [0, 0.05) is 31.8 Å². The van der Waals surface area contributed by atoms with Crippen LogP contribution in [0.4, 0.5) is 8.78 Å². The zero-order chi connectivity index (χ0) is 12.7. The lowest BCUT2D eigenvalue weighted by atomic mass is 9.89. The molecule has 96 valence electrons. The van der Waals surface area contributed by atoms with Crippen molar-refractivity contribution in [1.82, 2.24) is 5.32 Å². The molecule has 3 N–H and O–H groups in total. The summed E-state index contributed by atoms with van der Waals surface area (Å²) in [6, 6.07) is 0. The SMILES string of the molecule is NCCNC(=O)CC1CCCCC#CC1(F)F. The van der Waals surface area contributed by atoms with E-state index in [4.69, 9.17) is 5.73 Å². The Kier molecular flexibility index (Phi) is 5.36. The van der Waals surface area contributed by atoms with E-state index in [0.29, 0.717) is 32.4 Å². The van der Waals surface area contributed by atoms with E-state index in [1.54, 1.807) is 0 Å². The molecule has 0 aromatic heterocycles. The zero-order valence-corrected chi connectivity index (χ0v) is 9.77. The fourth-order valence-electron chi connectivity index (χ4n) is 1.81. The molecule has 0 aliphatic heterocycles. The summed E-state index contributed by atoms with van der Waals surface area (Å²) >= 11 is 0. The highest BCUT2D eigenvalue weighted by atomic mass is 19.3. The van der Waals surface area contributed by atoms with Crippen LogP contribution in [-0.2, 0) is 4.79 Å². The minimum atomic E-state index is -3.06. The summed E-state index contributed by atoms with van der Waals surface area (Å²) < 4.78 is 27.2. The van der Waals surface area contributed by atoms with Crippen LogP contribution in [0.15, 0.2) is 0 Å². The Bertz CT molecular complexity index is 320. The Hall–Kier alpha value is -1.15. The average Bonchev–Trinajstić information content (AvgIpc) is 2.27. The van der Waals surface area contributed by atoms with E-state index in [0.717, 1.165) is 6.42 Å². The van der Waals surface area contributed by atoms with Gasteiger partial charge in [0.1, 0.15) is 0 Å². The summed E-state index contributed by atoms with van der Waals surface area (Å²) in [5.74, 6) is 0.0502. The molecule has 3 nitrogen and oxygen atoms in total. The molecule has 1 amide bonds. The Labute approximate surface area is 100 Å². The van der Waals surface area contributed by atoms with Crippen LogP contribution in [0.1, 0.15) is 32.1 Å². The van der Waals surface area contributed by atoms with Gasteiger partial charge in [-0.3, -0.25) is 4.79 Å². The van der Waals surface area contributed by atoms with Crippen molar-refractivity contribution in [2.24, 2.45) is 11.7 Å². The molecule has 1 atom stereocenters. The first kappa shape index (κ1) is 13.9. The predicted molar refractivity (Wildman–Crippen MR) is 61.4 cm³/mol. The van der Waals surface area contributed by atoms with Crippen LogP contribution in [0.2, 0.25) is 0 Å². The van der Waals surface area contributed by atoms with Gasteiger partial charge in [-0.2, -0.15) is 8.78 Å². The molecule has 17 heavy (non-hydrogen) atoms. The Morgan fingerprint density at radius 3 is 2.94 bits per heavy atom. The van der Waals surface area contributed by atoms with Crippen LogP contribution in [0.25, 0.3) is 0 Å². The Morgan fingerprint density at radius 1 is 1.47 bits per heavy atom. The lowest BCUT2D eigenvalue weighted by Gasteiger charge is -2.23. The number of amides is 1. The molecule has 0 saturated heterocycles. The van der Waals surface area contributed by atoms with Crippen molar-refractivity contribution in [2.75, 3.05) is 13.1 Å². The first-order valence-electron chi connectivity index (χ1n) is 5.91. The number of alkyl halides is 2. The molecular formula is C12H18F2N2O. The second-order valence-corrected chi connectivity index (χ2v) is 4.21. The van der Waals surface area contributed by atoms with Crippen LogP contribution in [-0.4, -0.2) is 24.9 Å². The molecule has 0 fully saturated rings. The molecule has 1 aliphatic carbocycles. The molecule has 0 radical (unpaired) electrons. The number of nitrogens with one attached hydrogen (secondary N) is 1. The maximum absolute atomic E-state index is 13.6. The third-order valence-electron chi connectivity index (χ3n) is 2.77. The molecule has 0 heterocycles. The maximum atomic E-state index is 13.6. The summed E-state index contributed by atoms with van der Waals surface area (Å²) in [6.45, 7) is 0.634. The van der Waals surface area contributed by atoms with Crippen molar-refractivity contribution < 1.29 is 13.6 Å². The van der Waals surface area contributed by atoms with E-state index in [2.05, 4.69) is 11.2 Å². The lowest BCUT2D eigenvalue weighted by molar-refractivity contribution is -0.124.